The van der Waals surface area contributed by atoms with Crippen LogP contribution >= 0.6 is 0 Å². The summed E-state index contributed by atoms with van der Waals surface area (Å²) in [6.45, 7) is 6.46. The molecule has 4 rings (SSSR count). The largest absolute Gasteiger partial charge is 0.458 e. The van der Waals surface area contributed by atoms with Gasteiger partial charge in [-0.15, -0.1) is 0 Å². The number of ketones is 3. The summed E-state index contributed by atoms with van der Waals surface area (Å²) in [5.74, 6) is -1.39. The van der Waals surface area contributed by atoms with Gasteiger partial charge in [0, 0.05) is 37.5 Å². The van der Waals surface area contributed by atoms with E-state index in [0.29, 0.717) is 25.7 Å². The minimum atomic E-state index is -1.47. The number of ether oxygens (including phenoxy) is 2. The van der Waals surface area contributed by atoms with Gasteiger partial charge >= 0.3 is 11.9 Å². The monoisotopic (exact) mass is 458 g/mol. The van der Waals surface area contributed by atoms with E-state index in [1.165, 1.54) is 6.92 Å². The molecular formula is C26H34O7. The summed E-state index contributed by atoms with van der Waals surface area (Å²) >= 11 is 0. The number of carbonyl (C=O) groups excluding carboxylic acids is 5. The SMILES string of the molecule is CCC(=O)O[C@]1(C(=O)COC(C)=O)CC[C@H]2[C@@H]3CCC4=CC(=O)CC[C@]4(C)[C@H]3C(=O)C[C@@]21C. The Kier molecular flexibility index (Phi) is 5.90. The Balaban J connectivity index is 1.73. The molecule has 4 aliphatic rings. The first kappa shape index (κ1) is 23.8. The predicted molar refractivity (Wildman–Crippen MR) is 118 cm³/mol. The molecular weight excluding hydrogens is 424 g/mol. The van der Waals surface area contributed by atoms with Crippen LogP contribution in [0.3, 0.4) is 0 Å². The summed E-state index contributed by atoms with van der Waals surface area (Å²) in [6, 6.07) is 0. The fraction of sp³-hybridized carbons (Fsp3) is 0.731. The zero-order valence-corrected chi connectivity index (χ0v) is 20.0. The van der Waals surface area contributed by atoms with Crippen molar-refractivity contribution >= 4 is 29.3 Å². The fourth-order valence-electron chi connectivity index (χ4n) is 7.60. The second-order valence-corrected chi connectivity index (χ2v) is 10.8. The molecule has 0 saturated heterocycles. The van der Waals surface area contributed by atoms with Gasteiger partial charge in [0.25, 0.3) is 0 Å². The summed E-state index contributed by atoms with van der Waals surface area (Å²) in [6.07, 6.45) is 5.68. The highest BCUT2D eigenvalue weighted by molar-refractivity contribution is 5.96. The lowest BCUT2D eigenvalue weighted by molar-refractivity contribution is -0.193. The van der Waals surface area contributed by atoms with E-state index in [1.54, 1.807) is 13.0 Å². The second-order valence-electron chi connectivity index (χ2n) is 10.8. The molecule has 7 nitrogen and oxygen atoms in total. The summed E-state index contributed by atoms with van der Waals surface area (Å²) in [4.78, 5) is 63.2. The van der Waals surface area contributed by atoms with Crippen LogP contribution in [0.5, 0.6) is 0 Å². The number of hydrogen-bond donors (Lipinski definition) is 0. The average Bonchev–Trinajstić information content (AvgIpc) is 3.04. The normalized spacial score (nSPS) is 39.6. The van der Waals surface area contributed by atoms with E-state index in [-0.39, 0.29) is 47.6 Å². The van der Waals surface area contributed by atoms with E-state index in [2.05, 4.69) is 6.92 Å². The highest BCUT2D eigenvalue weighted by Crippen LogP contribution is 2.67. The highest BCUT2D eigenvalue weighted by Gasteiger charge is 2.70. The highest BCUT2D eigenvalue weighted by atomic mass is 16.6. The maximum Gasteiger partial charge on any atom is 0.306 e. The molecule has 6 atom stereocenters. The van der Waals surface area contributed by atoms with E-state index < -0.39 is 35.3 Å². The van der Waals surface area contributed by atoms with Gasteiger partial charge in [-0.1, -0.05) is 26.3 Å². The lowest BCUT2D eigenvalue weighted by Gasteiger charge is -2.58. The van der Waals surface area contributed by atoms with Crippen LogP contribution in [0, 0.1) is 28.6 Å². The molecule has 0 spiro atoms. The van der Waals surface area contributed by atoms with Gasteiger partial charge in [0.1, 0.15) is 5.78 Å². The van der Waals surface area contributed by atoms with Crippen LogP contribution in [-0.4, -0.2) is 41.5 Å². The number of esters is 2. The van der Waals surface area contributed by atoms with Crippen molar-refractivity contribution < 1.29 is 33.4 Å². The van der Waals surface area contributed by atoms with Crippen LogP contribution in [0.4, 0.5) is 0 Å². The summed E-state index contributed by atoms with van der Waals surface area (Å²) in [5, 5.41) is 0. The molecule has 4 aliphatic carbocycles. The summed E-state index contributed by atoms with van der Waals surface area (Å²) < 4.78 is 10.9. The van der Waals surface area contributed by atoms with Gasteiger partial charge in [-0.3, -0.25) is 24.0 Å². The van der Waals surface area contributed by atoms with Crippen LogP contribution in [0.25, 0.3) is 0 Å². The van der Waals surface area contributed by atoms with Gasteiger partial charge in [-0.05, 0) is 55.4 Å². The molecule has 33 heavy (non-hydrogen) atoms. The standard InChI is InChI=1S/C26H34O7/c1-5-22(31)33-26(21(30)14-32-15(2)27)11-9-19-18-7-6-16-12-17(28)8-10-24(16,3)23(18)20(29)13-25(19,26)4/h12,18-19,23H,5-11,13-14H2,1-4H3/t18-,19-,23+,24-,25-,26-/m0/s1. The molecule has 0 unspecified atom stereocenters. The predicted octanol–water partition coefficient (Wildman–Crippen LogP) is 3.52. The molecule has 3 fully saturated rings. The number of carbonyl (C=O) groups is 5. The van der Waals surface area contributed by atoms with E-state index in [9.17, 15) is 24.0 Å². The van der Waals surface area contributed by atoms with Crippen LogP contribution in [0.2, 0.25) is 0 Å². The number of Topliss-reactive ketones (excluding diaryl/α,β-unsaturated/α-hetero) is 2. The van der Waals surface area contributed by atoms with Crippen molar-refractivity contribution in [3.63, 3.8) is 0 Å². The second kappa shape index (κ2) is 8.17. The molecule has 0 heterocycles. The lowest BCUT2D eigenvalue weighted by atomic mass is 9.46. The lowest BCUT2D eigenvalue weighted by Crippen LogP contribution is -2.62. The smallest absolute Gasteiger partial charge is 0.306 e. The van der Waals surface area contributed by atoms with Gasteiger partial charge in [0.05, 0.1) is 0 Å². The summed E-state index contributed by atoms with van der Waals surface area (Å²) in [7, 11) is 0. The Morgan fingerprint density at radius 1 is 1.09 bits per heavy atom. The zero-order chi connectivity index (χ0) is 24.2. The third-order valence-corrected chi connectivity index (χ3v) is 9.21. The van der Waals surface area contributed by atoms with Crippen LogP contribution in [-0.2, 0) is 33.4 Å². The van der Waals surface area contributed by atoms with E-state index in [0.717, 1.165) is 18.4 Å². The van der Waals surface area contributed by atoms with Crippen molar-refractivity contribution in [3.05, 3.63) is 11.6 Å². The van der Waals surface area contributed by atoms with Crippen molar-refractivity contribution in [3.8, 4) is 0 Å². The molecule has 0 aromatic heterocycles. The molecule has 7 heteroatoms. The number of hydrogen-bond acceptors (Lipinski definition) is 7. The maximum atomic E-state index is 13.8. The van der Waals surface area contributed by atoms with Gasteiger partial charge in [-0.2, -0.15) is 0 Å². The van der Waals surface area contributed by atoms with Crippen molar-refractivity contribution in [2.24, 2.45) is 28.6 Å². The molecule has 3 saturated carbocycles. The van der Waals surface area contributed by atoms with Crippen molar-refractivity contribution in [2.75, 3.05) is 6.61 Å². The molecule has 0 aliphatic heterocycles. The van der Waals surface area contributed by atoms with Crippen molar-refractivity contribution in [1.29, 1.82) is 0 Å². The average molecular weight is 459 g/mol. The molecule has 0 aromatic rings. The first-order valence-electron chi connectivity index (χ1n) is 12.1. The van der Waals surface area contributed by atoms with E-state index in [4.69, 9.17) is 9.47 Å². The zero-order valence-electron chi connectivity index (χ0n) is 20.0. The Labute approximate surface area is 194 Å². The molecule has 0 amide bonds. The molecule has 0 radical (unpaired) electrons. The van der Waals surface area contributed by atoms with Gasteiger partial charge in [0.15, 0.2) is 18.0 Å². The first-order chi connectivity index (χ1) is 15.5. The van der Waals surface area contributed by atoms with Crippen LogP contribution < -0.4 is 0 Å². The fourth-order valence-corrected chi connectivity index (χ4v) is 7.60. The Morgan fingerprint density at radius 3 is 2.48 bits per heavy atom. The van der Waals surface area contributed by atoms with Crippen LogP contribution in [0.1, 0.15) is 79.1 Å². The molecule has 0 N–H and O–H groups in total. The van der Waals surface area contributed by atoms with Gasteiger partial charge in [-0.25, -0.2) is 0 Å². The number of fused-ring (bicyclic) bond motifs is 5. The Hall–Kier alpha value is -2.31. The number of rotatable bonds is 5. The molecule has 180 valence electrons. The molecule has 0 aromatic carbocycles. The Bertz CT molecular complexity index is 948. The first-order valence-corrected chi connectivity index (χ1v) is 12.1. The topological polar surface area (TPSA) is 104 Å². The van der Waals surface area contributed by atoms with Crippen LogP contribution in [0.15, 0.2) is 11.6 Å². The van der Waals surface area contributed by atoms with Crippen molar-refractivity contribution in [1.82, 2.24) is 0 Å². The molecule has 0 bridgehead atoms. The Morgan fingerprint density at radius 2 is 1.82 bits per heavy atom. The van der Waals surface area contributed by atoms with E-state index >= 15 is 0 Å². The minimum absolute atomic E-state index is 0.0298. The maximum absolute atomic E-state index is 13.8. The quantitative estimate of drug-likeness (QED) is 0.581. The third kappa shape index (κ3) is 3.50. The third-order valence-electron chi connectivity index (χ3n) is 9.21. The minimum Gasteiger partial charge on any atom is -0.458 e. The van der Waals surface area contributed by atoms with Crippen molar-refractivity contribution in [2.45, 2.75) is 84.7 Å². The van der Waals surface area contributed by atoms with Gasteiger partial charge in [0.2, 0.25) is 5.78 Å². The van der Waals surface area contributed by atoms with E-state index in [1.807, 2.05) is 6.92 Å². The van der Waals surface area contributed by atoms with Gasteiger partial charge < -0.3 is 9.47 Å². The summed E-state index contributed by atoms with van der Waals surface area (Å²) in [5.41, 5.74) is -1.57. The number of allylic oxidation sites excluding steroid dienone is 1.